The normalized spacial score (nSPS) is 17.4. The van der Waals surface area contributed by atoms with Gasteiger partial charge in [0.15, 0.2) is 0 Å². The zero-order chi connectivity index (χ0) is 14.2. The van der Waals surface area contributed by atoms with Gasteiger partial charge in [0.2, 0.25) is 5.95 Å². The van der Waals surface area contributed by atoms with E-state index in [1.54, 1.807) is 6.92 Å². The van der Waals surface area contributed by atoms with Gasteiger partial charge >= 0.3 is 5.97 Å². The molecule has 0 saturated heterocycles. The van der Waals surface area contributed by atoms with Crippen LogP contribution in [0.2, 0.25) is 0 Å². The largest absolute Gasteiger partial charge is 0.480 e. The van der Waals surface area contributed by atoms with Crippen molar-refractivity contribution in [3.8, 4) is 5.69 Å². The van der Waals surface area contributed by atoms with Gasteiger partial charge in [0.1, 0.15) is 5.54 Å². The molecule has 1 atom stereocenters. The molecular weight excluding hydrogens is 258 g/mol. The van der Waals surface area contributed by atoms with Crippen molar-refractivity contribution in [3.63, 3.8) is 0 Å². The van der Waals surface area contributed by atoms with E-state index in [1.165, 1.54) is 4.68 Å². The predicted molar refractivity (Wildman–Crippen MR) is 71.5 cm³/mol. The highest BCUT2D eigenvalue weighted by Crippen LogP contribution is 2.41. The smallest absolute Gasteiger partial charge is 0.329 e. The number of carbonyl (C=O) groups is 1. The predicted octanol–water partition coefficient (Wildman–Crippen LogP) is 1.33. The number of aliphatic carboxylic acids is 1. The van der Waals surface area contributed by atoms with Crippen LogP contribution in [0.1, 0.15) is 19.8 Å². The van der Waals surface area contributed by atoms with E-state index < -0.39 is 11.5 Å². The molecule has 2 aromatic rings. The maximum atomic E-state index is 11.5. The minimum atomic E-state index is -1.04. The molecule has 0 bridgehead atoms. The van der Waals surface area contributed by atoms with Crippen molar-refractivity contribution in [2.45, 2.75) is 25.3 Å². The zero-order valence-corrected chi connectivity index (χ0v) is 11.0. The van der Waals surface area contributed by atoms with E-state index in [0.29, 0.717) is 5.95 Å². The Morgan fingerprint density at radius 1 is 1.40 bits per heavy atom. The first-order chi connectivity index (χ1) is 9.61. The lowest BCUT2D eigenvalue weighted by molar-refractivity contribution is -0.142. The molecule has 1 saturated carbocycles. The molecule has 1 heterocycles. The van der Waals surface area contributed by atoms with Crippen molar-refractivity contribution >= 4 is 11.9 Å². The van der Waals surface area contributed by atoms with Crippen LogP contribution in [0.15, 0.2) is 30.3 Å². The van der Waals surface area contributed by atoms with Crippen LogP contribution in [0.4, 0.5) is 5.95 Å². The molecule has 0 spiro atoms. The quantitative estimate of drug-likeness (QED) is 0.853. The van der Waals surface area contributed by atoms with Crippen molar-refractivity contribution in [3.05, 3.63) is 30.3 Å². The van der Waals surface area contributed by atoms with Gasteiger partial charge in [-0.3, -0.25) is 0 Å². The fourth-order valence-corrected chi connectivity index (χ4v) is 2.23. The van der Waals surface area contributed by atoms with Gasteiger partial charge in [-0.2, -0.15) is 4.68 Å². The van der Waals surface area contributed by atoms with Crippen molar-refractivity contribution in [1.29, 1.82) is 0 Å². The van der Waals surface area contributed by atoms with E-state index in [0.717, 1.165) is 18.5 Å². The monoisotopic (exact) mass is 273 g/mol. The molecule has 104 valence electrons. The molecule has 1 fully saturated rings. The summed E-state index contributed by atoms with van der Waals surface area (Å²) >= 11 is 0. The number of anilines is 1. The van der Waals surface area contributed by atoms with Crippen LogP contribution < -0.4 is 5.32 Å². The number of carboxylic acids is 1. The molecule has 1 aromatic carbocycles. The summed E-state index contributed by atoms with van der Waals surface area (Å²) in [5.41, 5.74) is -0.259. The summed E-state index contributed by atoms with van der Waals surface area (Å²) < 4.78 is 1.50. The van der Waals surface area contributed by atoms with E-state index in [9.17, 15) is 9.90 Å². The third-order valence-corrected chi connectivity index (χ3v) is 3.68. The average molecular weight is 273 g/mol. The number of tetrazole rings is 1. The van der Waals surface area contributed by atoms with Crippen LogP contribution >= 0.6 is 0 Å². The van der Waals surface area contributed by atoms with E-state index in [2.05, 4.69) is 20.8 Å². The third kappa shape index (κ3) is 2.11. The van der Waals surface area contributed by atoms with Gasteiger partial charge in [-0.05, 0) is 48.2 Å². The Kier molecular flexibility index (Phi) is 2.89. The zero-order valence-electron chi connectivity index (χ0n) is 11.0. The molecule has 3 rings (SSSR count). The van der Waals surface area contributed by atoms with Gasteiger partial charge < -0.3 is 10.4 Å². The fourth-order valence-electron chi connectivity index (χ4n) is 2.23. The minimum absolute atomic E-state index is 0.112. The number of benzene rings is 1. The van der Waals surface area contributed by atoms with E-state index in [4.69, 9.17) is 0 Å². The maximum Gasteiger partial charge on any atom is 0.329 e. The Morgan fingerprint density at radius 3 is 2.70 bits per heavy atom. The van der Waals surface area contributed by atoms with Gasteiger partial charge in [0.25, 0.3) is 0 Å². The number of para-hydroxylation sites is 1. The molecule has 1 unspecified atom stereocenters. The van der Waals surface area contributed by atoms with Gasteiger partial charge in [0.05, 0.1) is 5.69 Å². The van der Waals surface area contributed by atoms with Gasteiger partial charge in [-0.15, -0.1) is 0 Å². The number of hydrogen-bond acceptors (Lipinski definition) is 5. The first-order valence-electron chi connectivity index (χ1n) is 6.46. The topological polar surface area (TPSA) is 92.9 Å². The van der Waals surface area contributed by atoms with Gasteiger partial charge in [-0.25, -0.2) is 4.79 Å². The summed E-state index contributed by atoms with van der Waals surface area (Å²) in [4.78, 5) is 11.5. The second-order valence-electron chi connectivity index (χ2n) is 5.16. The van der Waals surface area contributed by atoms with Crippen LogP contribution in [0.5, 0.6) is 0 Å². The van der Waals surface area contributed by atoms with Crippen molar-refractivity contribution in [2.75, 3.05) is 5.32 Å². The summed E-state index contributed by atoms with van der Waals surface area (Å²) in [5, 5.41) is 23.9. The lowest BCUT2D eigenvalue weighted by atomic mass is 9.96. The summed E-state index contributed by atoms with van der Waals surface area (Å²) in [5.74, 6) is -0.434. The number of hydrogen-bond donors (Lipinski definition) is 2. The molecule has 0 amide bonds. The second-order valence-corrected chi connectivity index (χ2v) is 5.16. The minimum Gasteiger partial charge on any atom is -0.480 e. The van der Waals surface area contributed by atoms with Crippen LogP contribution in [-0.2, 0) is 4.79 Å². The summed E-state index contributed by atoms with van der Waals surface area (Å²) in [7, 11) is 0. The van der Waals surface area contributed by atoms with Gasteiger partial charge in [-0.1, -0.05) is 23.3 Å². The van der Waals surface area contributed by atoms with Crippen molar-refractivity contribution < 1.29 is 9.90 Å². The maximum absolute atomic E-state index is 11.5. The van der Waals surface area contributed by atoms with Gasteiger partial charge in [0, 0.05) is 0 Å². The van der Waals surface area contributed by atoms with E-state index in [1.807, 2.05) is 30.3 Å². The molecule has 1 aromatic heterocycles. The second kappa shape index (κ2) is 4.59. The number of nitrogens with zero attached hydrogens (tertiary/aromatic N) is 4. The number of rotatable bonds is 5. The summed E-state index contributed by atoms with van der Waals surface area (Å²) in [6.07, 6.45) is 1.81. The first kappa shape index (κ1) is 12.6. The lowest BCUT2D eigenvalue weighted by Gasteiger charge is -2.26. The molecule has 20 heavy (non-hydrogen) atoms. The molecule has 0 radical (unpaired) electrons. The van der Waals surface area contributed by atoms with Crippen LogP contribution in [0.25, 0.3) is 5.69 Å². The van der Waals surface area contributed by atoms with Crippen LogP contribution in [0.3, 0.4) is 0 Å². The summed E-state index contributed by atoms with van der Waals surface area (Å²) in [6, 6.07) is 9.36. The molecular formula is C13H15N5O2. The average Bonchev–Trinajstić information content (AvgIpc) is 3.21. The highest BCUT2D eigenvalue weighted by atomic mass is 16.4. The first-order valence-corrected chi connectivity index (χ1v) is 6.46. The molecule has 0 aliphatic heterocycles. The molecule has 1 aliphatic rings. The number of aromatic nitrogens is 4. The van der Waals surface area contributed by atoms with E-state index in [-0.39, 0.29) is 5.92 Å². The SMILES string of the molecule is CC(Nc1nnnn1-c1ccccc1)(C(=O)O)C1CC1. The number of nitrogens with one attached hydrogen (secondary N) is 1. The number of carboxylic acid groups (broad SMARTS) is 1. The van der Waals surface area contributed by atoms with Crippen molar-refractivity contribution in [1.82, 2.24) is 20.2 Å². The Morgan fingerprint density at radius 2 is 2.10 bits per heavy atom. The molecule has 1 aliphatic carbocycles. The van der Waals surface area contributed by atoms with Crippen molar-refractivity contribution in [2.24, 2.45) is 5.92 Å². The Labute approximate surface area is 115 Å². The standard InChI is InChI=1S/C13H15N5O2/c1-13(11(19)20,9-7-8-9)14-12-15-16-17-18(12)10-5-3-2-4-6-10/h2-6,9H,7-8H2,1H3,(H,19,20)(H,14,15,17). The van der Waals surface area contributed by atoms with Crippen LogP contribution in [-0.4, -0.2) is 36.8 Å². The highest BCUT2D eigenvalue weighted by molar-refractivity contribution is 5.82. The Balaban J connectivity index is 1.92. The fraction of sp³-hybridized carbons (Fsp3) is 0.385. The van der Waals surface area contributed by atoms with E-state index >= 15 is 0 Å². The lowest BCUT2D eigenvalue weighted by Crippen LogP contribution is -2.46. The Hall–Kier alpha value is -2.44. The highest BCUT2D eigenvalue weighted by Gasteiger charge is 2.48. The summed E-state index contributed by atoms with van der Waals surface area (Å²) in [6.45, 7) is 1.68. The third-order valence-electron chi connectivity index (χ3n) is 3.68. The molecule has 7 heteroatoms. The molecule has 7 nitrogen and oxygen atoms in total. The van der Waals surface area contributed by atoms with Crippen LogP contribution in [0, 0.1) is 5.92 Å². The molecule has 2 N–H and O–H groups in total. The Bertz CT molecular complexity index is 623.